The summed E-state index contributed by atoms with van der Waals surface area (Å²) in [4.78, 5) is 20.7. The number of aromatic nitrogens is 3. The second-order valence-electron chi connectivity index (χ2n) is 6.54. The van der Waals surface area contributed by atoms with Crippen LogP contribution in [0.3, 0.4) is 0 Å². The van der Waals surface area contributed by atoms with Crippen molar-refractivity contribution in [1.29, 1.82) is 0 Å². The molecule has 0 amide bonds. The third kappa shape index (κ3) is 3.93. The first-order valence-corrected chi connectivity index (χ1v) is 8.96. The molecular formula is C20H25N5O2. The van der Waals surface area contributed by atoms with Crippen LogP contribution in [-0.2, 0) is 11.3 Å². The van der Waals surface area contributed by atoms with Crippen LogP contribution in [0.2, 0.25) is 0 Å². The van der Waals surface area contributed by atoms with E-state index in [1.165, 1.54) is 0 Å². The molecule has 0 bridgehead atoms. The summed E-state index contributed by atoms with van der Waals surface area (Å²) in [5.74, 6) is 0.431. The normalized spacial score (nSPS) is 11.9. The lowest BCUT2D eigenvalue weighted by Gasteiger charge is -2.13. The highest BCUT2D eigenvalue weighted by molar-refractivity contribution is 6.01. The van der Waals surface area contributed by atoms with E-state index in [9.17, 15) is 4.79 Å². The molecule has 2 heterocycles. The van der Waals surface area contributed by atoms with Crippen LogP contribution in [0.4, 0.5) is 5.95 Å². The molecule has 0 fully saturated rings. The first-order chi connectivity index (χ1) is 13.0. The van der Waals surface area contributed by atoms with Crippen molar-refractivity contribution >= 4 is 22.6 Å². The van der Waals surface area contributed by atoms with Crippen molar-refractivity contribution in [2.75, 3.05) is 19.1 Å². The molecule has 1 aromatic carbocycles. The number of para-hydroxylation sites is 1. The Bertz CT molecular complexity index is 1010. The lowest BCUT2D eigenvalue weighted by Crippen LogP contribution is -2.25. The largest absolute Gasteiger partial charge is 0.385 e. The number of rotatable bonds is 7. The van der Waals surface area contributed by atoms with Gasteiger partial charge in [0.25, 0.3) is 5.56 Å². The molecule has 0 unspecified atom stereocenters. The van der Waals surface area contributed by atoms with Crippen molar-refractivity contribution in [3.8, 4) is 0 Å². The highest BCUT2D eigenvalue weighted by Crippen LogP contribution is 2.15. The molecule has 3 aromatic rings. The number of hydrogen-bond acceptors (Lipinski definition) is 5. The number of benzene rings is 1. The number of nitrogens with one attached hydrogen (secondary N) is 2. The minimum Gasteiger partial charge on any atom is -0.385 e. The van der Waals surface area contributed by atoms with E-state index in [1.807, 2.05) is 45.2 Å². The molecule has 7 heteroatoms. The molecule has 0 radical (unpaired) electrons. The molecule has 7 nitrogen and oxygen atoms in total. The molecule has 0 saturated carbocycles. The van der Waals surface area contributed by atoms with Gasteiger partial charge >= 0.3 is 0 Å². The molecule has 3 rings (SSSR count). The standard InChI is InChI=1S/C20H25N5O2/c1-13-12-21-14(2)18(13)15(3)23-24-20-22-17-9-6-5-8-16(17)19(26)25(20)10-7-11-27-4/h5-6,8-9,12,21H,7,10-11H2,1-4H3,(H,22,24)/b23-15+. The van der Waals surface area contributed by atoms with Crippen molar-refractivity contribution in [3.05, 3.63) is 57.6 Å². The van der Waals surface area contributed by atoms with Crippen molar-refractivity contribution < 1.29 is 4.74 Å². The Morgan fingerprint density at radius 3 is 2.81 bits per heavy atom. The number of anilines is 1. The zero-order valence-corrected chi connectivity index (χ0v) is 16.2. The van der Waals surface area contributed by atoms with Gasteiger partial charge in [-0.2, -0.15) is 5.10 Å². The fourth-order valence-electron chi connectivity index (χ4n) is 3.23. The number of aryl methyl sites for hydroxylation is 2. The second-order valence-corrected chi connectivity index (χ2v) is 6.54. The number of ether oxygens (including phenoxy) is 1. The maximum atomic E-state index is 12.9. The topological polar surface area (TPSA) is 84.3 Å². The Kier molecular flexibility index (Phi) is 5.71. The Labute approximate surface area is 158 Å². The van der Waals surface area contributed by atoms with Gasteiger partial charge in [-0.3, -0.25) is 9.36 Å². The average Bonchev–Trinajstić information content (AvgIpc) is 3.00. The summed E-state index contributed by atoms with van der Waals surface area (Å²) in [6.07, 6.45) is 2.67. The molecule has 0 aliphatic carbocycles. The Hall–Kier alpha value is -2.93. The molecule has 142 valence electrons. The number of H-pyrrole nitrogens is 1. The van der Waals surface area contributed by atoms with Gasteiger partial charge in [0.2, 0.25) is 5.95 Å². The third-order valence-corrected chi connectivity index (χ3v) is 4.55. The van der Waals surface area contributed by atoms with Crippen LogP contribution in [0.1, 0.15) is 30.2 Å². The number of aromatic amines is 1. The summed E-state index contributed by atoms with van der Waals surface area (Å²) in [6.45, 7) is 7.06. The fraction of sp³-hybridized carbons (Fsp3) is 0.350. The van der Waals surface area contributed by atoms with Crippen LogP contribution in [0.15, 0.2) is 40.4 Å². The second kappa shape index (κ2) is 8.18. The number of nitrogens with zero attached hydrogens (tertiary/aromatic N) is 3. The highest BCUT2D eigenvalue weighted by Gasteiger charge is 2.12. The Morgan fingerprint density at radius 2 is 2.11 bits per heavy atom. The zero-order valence-electron chi connectivity index (χ0n) is 16.2. The maximum absolute atomic E-state index is 12.9. The summed E-state index contributed by atoms with van der Waals surface area (Å²) in [6, 6.07) is 7.34. The third-order valence-electron chi connectivity index (χ3n) is 4.55. The van der Waals surface area contributed by atoms with Gasteiger partial charge in [-0.15, -0.1) is 0 Å². The van der Waals surface area contributed by atoms with Gasteiger partial charge in [-0.25, -0.2) is 10.4 Å². The van der Waals surface area contributed by atoms with Crippen LogP contribution >= 0.6 is 0 Å². The van der Waals surface area contributed by atoms with Crippen LogP contribution < -0.4 is 11.0 Å². The van der Waals surface area contributed by atoms with Crippen molar-refractivity contribution in [2.24, 2.45) is 5.10 Å². The van der Waals surface area contributed by atoms with Gasteiger partial charge in [0, 0.05) is 37.7 Å². The molecular weight excluding hydrogens is 342 g/mol. The van der Waals surface area contributed by atoms with E-state index in [0.29, 0.717) is 36.4 Å². The quantitative estimate of drug-likeness (QED) is 0.381. The predicted octanol–water partition coefficient (Wildman–Crippen LogP) is 3.21. The molecule has 27 heavy (non-hydrogen) atoms. The van der Waals surface area contributed by atoms with E-state index < -0.39 is 0 Å². The number of hydrazone groups is 1. The SMILES string of the molecule is COCCCn1c(N/N=C(\C)c2c(C)c[nH]c2C)nc2ccccc2c1=O. The van der Waals surface area contributed by atoms with Crippen LogP contribution in [0.25, 0.3) is 10.9 Å². The monoisotopic (exact) mass is 367 g/mol. The van der Waals surface area contributed by atoms with Crippen molar-refractivity contribution in [1.82, 2.24) is 14.5 Å². The summed E-state index contributed by atoms with van der Waals surface area (Å²) < 4.78 is 6.74. The summed E-state index contributed by atoms with van der Waals surface area (Å²) >= 11 is 0. The number of hydrogen-bond donors (Lipinski definition) is 2. The first kappa shape index (κ1) is 18.8. The van der Waals surface area contributed by atoms with Gasteiger partial charge in [0.05, 0.1) is 16.6 Å². The molecule has 0 aliphatic rings. The van der Waals surface area contributed by atoms with E-state index in [-0.39, 0.29) is 5.56 Å². The van der Waals surface area contributed by atoms with Gasteiger partial charge in [0.1, 0.15) is 0 Å². The van der Waals surface area contributed by atoms with Crippen molar-refractivity contribution in [2.45, 2.75) is 33.7 Å². The molecule has 0 aliphatic heterocycles. The molecule has 0 spiro atoms. The van der Waals surface area contributed by atoms with Crippen LogP contribution in [-0.4, -0.2) is 34.0 Å². The van der Waals surface area contributed by atoms with Crippen LogP contribution in [0, 0.1) is 13.8 Å². The lowest BCUT2D eigenvalue weighted by molar-refractivity contribution is 0.190. The number of methoxy groups -OCH3 is 1. The number of fused-ring (bicyclic) bond motifs is 1. The van der Waals surface area contributed by atoms with Crippen LogP contribution in [0.5, 0.6) is 0 Å². The Morgan fingerprint density at radius 1 is 1.33 bits per heavy atom. The summed E-state index contributed by atoms with van der Waals surface area (Å²) in [5, 5.41) is 5.08. The molecule has 2 N–H and O–H groups in total. The van der Waals surface area contributed by atoms with E-state index in [2.05, 4.69) is 20.5 Å². The summed E-state index contributed by atoms with van der Waals surface area (Å²) in [7, 11) is 1.65. The molecule has 2 aromatic heterocycles. The van der Waals surface area contributed by atoms with Gasteiger partial charge < -0.3 is 9.72 Å². The van der Waals surface area contributed by atoms with Gasteiger partial charge in [0.15, 0.2) is 0 Å². The van der Waals surface area contributed by atoms with E-state index in [0.717, 1.165) is 22.5 Å². The zero-order chi connectivity index (χ0) is 19.4. The lowest BCUT2D eigenvalue weighted by atomic mass is 10.1. The van der Waals surface area contributed by atoms with Gasteiger partial charge in [-0.05, 0) is 44.9 Å². The van der Waals surface area contributed by atoms with Crippen molar-refractivity contribution in [3.63, 3.8) is 0 Å². The minimum absolute atomic E-state index is 0.0824. The fourth-order valence-corrected chi connectivity index (χ4v) is 3.23. The maximum Gasteiger partial charge on any atom is 0.262 e. The first-order valence-electron chi connectivity index (χ1n) is 8.96. The summed E-state index contributed by atoms with van der Waals surface area (Å²) in [5.41, 5.74) is 7.64. The van der Waals surface area contributed by atoms with E-state index >= 15 is 0 Å². The predicted molar refractivity (Wildman–Crippen MR) is 109 cm³/mol. The average molecular weight is 367 g/mol. The minimum atomic E-state index is -0.0824. The smallest absolute Gasteiger partial charge is 0.262 e. The highest BCUT2D eigenvalue weighted by atomic mass is 16.5. The molecule has 0 atom stereocenters. The van der Waals surface area contributed by atoms with E-state index in [4.69, 9.17) is 4.74 Å². The van der Waals surface area contributed by atoms with E-state index in [1.54, 1.807) is 17.7 Å². The van der Waals surface area contributed by atoms with Gasteiger partial charge in [-0.1, -0.05) is 12.1 Å². The molecule has 0 saturated heterocycles. The Balaban J connectivity index is 2.00.